The van der Waals surface area contributed by atoms with Crippen molar-refractivity contribution in [3.8, 4) is 23.1 Å². The molecule has 0 aliphatic heterocycles. The molecule has 4 rings (SSSR count). The Bertz CT molecular complexity index is 1620. The summed E-state index contributed by atoms with van der Waals surface area (Å²) in [7, 11) is 2.98. The van der Waals surface area contributed by atoms with E-state index in [1.54, 1.807) is 30.3 Å². The Balaban J connectivity index is 1.43. The number of rotatable bonds is 15. The van der Waals surface area contributed by atoms with Crippen molar-refractivity contribution >= 4 is 66.5 Å². The van der Waals surface area contributed by atoms with Gasteiger partial charge >= 0.3 is 11.9 Å². The Hall–Kier alpha value is -4.23. The van der Waals surface area contributed by atoms with Gasteiger partial charge in [0.15, 0.2) is 28.8 Å². The molecular formula is C28H27NO10S2. The molecule has 41 heavy (non-hydrogen) atoms. The van der Waals surface area contributed by atoms with Gasteiger partial charge in [-0.3, -0.25) is 19.2 Å². The molecule has 13 heteroatoms. The predicted molar refractivity (Wildman–Crippen MR) is 152 cm³/mol. The van der Waals surface area contributed by atoms with Gasteiger partial charge in [0.2, 0.25) is 0 Å². The first-order chi connectivity index (χ1) is 19.6. The van der Waals surface area contributed by atoms with Crippen molar-refractivity contribution in [2.45, 2.75) is 26.2 Å². The SMILES string of the molecule is COc1cc2sc(C(=O)CCC(=O)O)cc2cc1OCCOc1nc2cc(C(=O)C[C@H](C)C(=O)O)sc2cc1OC. The third kappa shape index (κ3) is 7.11. The Morgan fingerprint density at radius 3 is 2.15 bits per heavy atom. The summed E-state index contributed by atoms with van der Waals surface area (Å²) in [6.07, 6.45) is -0.408. The molecule has 0 bridgehead atoms. The number of ketones is 2. The molecule has 0 fully saturated rings. The number of aromatic nitrogens is 1. The van der Waals surface area contributed by atoms with Crippen LogP contribution in [0.5, 0.6) is 23.1 Å². The van der Waals surface area contributed by atoms with E-state index in [4.69, 9.17) is 29.2 Å². The normalized spacial score (nSPS) is 11.8. The first-order valence-corrected chi connectivity index (χ1v) is 14.1. The summed E-state index contributed by atoms with van der Waals surface area (Å²) < 4.78 is 24.1. The third-order valence-electron chi connectivity index (χ3n) is 6.07. The van der Waals surface area contributed by atoms with Crippen LogP contribution in [0.2, 0.25) is 0 Å². The van der Waals surface area contributed by atoms with E-state index in [1.807, 2.05) is 0 Å². The maximum Gasteiger partial charge on any atom is 0.306 e. The summed E-state index contributed by atoms with van der Waals surface area (Å²) in [5.41, 5.74) is 0.524. The van der Waals surface area contributed by atoms with Gasteiger partial charge in [0, 0.05) is 29.7 Å². The molecule has 0 spiro atoms. The van der Waals surface area contributed by atoms with E-state index in [0.29, 0.717) is 37.2 Å². The largest absolute Gasteiger partial charge is 0.493 e. The van der Waals surface area contributed by atoms with E-state index in [2.05, 4.69) is 4.98 Å². The van der Waals surface area contributed by atoms with Crippen LogP contribution in [0.4, 0.5) is 0 Å². The number of nitrogens with zero attached hydrogens (tertiary/aromatic N) is 1. The van der Waals surface area contributed by atoms with E-state index in [9.17, 15) is 19.2 Å². The highest BCUT2D eigenvalue weighted by Crippen LogP contribution is 2.38. The number of hydrogen-bond donors (Lipinski definition) is 2. The fraction of sp³-hybridized carbons (Fsp3) is 0.321. The van der Waals surface area contributed by atoms with Crippen LogP contribution in [0.15, 0.2) is 30.3 Å². The van der Waals surface area contributed by atoms with E-state index in [0.717, 1.165) is 10.1 Å². The van der Waals surface area contributed by atoms with Crippen LogP contribution >= 0.6 is 22.7 Å². The average molecular weight is 602 g/mol. The molecule has 0 unspecified atom stereocenters. The topological polar surface area (TPSA) is 159 Å². The number of carboxylic acid groups (broad SMARTS) is 2. The van der Waals surface area contributed by atoms with Gasteiger partial charge < -0.3 is 29.2 Å². The molecule has 0 aliphatic carbocycles. The second-order valence-electron chi connectivity index (χ2n) is 9.02. The number of carbonyl (C=O) groups is 4. The number of ether oxygens (including phenoxy) is 4. The molecule has 2 N–H and O–H groups in total. The Labute approximate surface area is 242 Å². The fourth-order valence-corrected chi connectivity index (χ4v) is 5.90. The molecule has 3 heterocycles. The molecule has 11 nitrogen and oxygen atoms in total. The van der Waals surface area contributed by atoms with Crippen molar-refractivity contribution in [2.75, 3.05) is 27.4 Å². The highest BCUT2D eigenvalue weighted by molar-refractivity contribution is 7.21. The van der Waals surface area contributed by atoms with Gasteiger partial charge in [0.25, 0.3) is 5.88 Å². The molecule has 4 aromatic rings. The van der Waals surface area contributed by atoms with Gasteiger partial charge in [-0.1, -0.05) is 6.92 Å². The van der Waals surface area contributed by atoms with Gasteiger partial charge in [-0.05, 0) is 23.6 Å². The Morgan fingerprint density at radius 2 is 1.46 bits per heavy atom. The first kappa shape index (κ1) is 29.7. The number of carboxylic acids is 2. The van der Waals surface area contributed by atoms with Crippen LogP contribution in [0, 0.1) is 5.92 Å². The zero-order chi connectivity index (χ0) is 29.7. The molecular weight excluding hydrogens is 574 g/mol. The summed E-state index contributed by atoms with van der Waals surface area (Å²) in [5, 5.41) is 18.7. The van der Waals surface area contributed by atoms with E-state index < -0.39 is 17.9 Å². The molecule has 0 saturated carbocycles. The molecule has 0 aliphatic rings. The summed E-state index contributed by atoms with van der Waals surface area (Å²) in [5.74, 6) is -1.86. The smallest absolute Gasteiger partial charge is 0.306 e. The second kappa shape index (κ2) is 13.0. The lowest BCUT2D eigenvalue weighted by Gasteiger charge is -2.12. The van der Waals surface area contributed by atoms with Crippen LogP contribution in [0.25, 0.3) is 20.3 Å². The van der Waals surface area contributed by atoms with E-state index in [-0.39, 0.29) is 49.9 Å². The second-order valence-corrected chi connectivity index (χ2v) is 11.2. The van der Waals surface area contributed by atoms with E-state index >= 15 is 0 Å². The fourth-order valence-electron chi connectivity index (χ4n) is 3.88. The molecule has 0 saturated heterocycles. The summed E-state index contributed by atoms with van der Waals surface area (Å²) in [6.45, 7) is 1.71. The lowest BCUT2D eigenvalue weighted by atomic mass is 10.0. The maximum atomic E-state index is 12.5. The van der Waals surface area contributed by atoms with Gasteiger partial charge in [0.1, 0.15) is 13.2 Å². The van der Waals surface area contributed by atoms with Crippen molar-refractivity contribution in [3.05, 3.63) is 40.1 Å². The number of methoxy groups -OCH3 is 2. The van der Waals surface area contributed by atoms with Crippen molar-refractivity contribution in [3.63, 3.8) is 0 Å². The maximum absolute atomic E-state index is 12.5. The molecule has 0 amide bonds. The van der Waals surface area contributed by atoms with Gasteiger partial charge in [-0.25, -0.2) is 4.98 Å². The highest BCUT2D eigenvalue weighted by atomic mass is 32.1. The zero-order valence-electron chi connectivity index (χ0n) is 22.4. The number of carbonyl (C=O) groups excluding carboxylic acids is 2. The standard InChI is InChI=1S/C28H27NO10S2/c1-14(28(34)35)8-18(31)25-11-16-23(41-25)13-21(37-3)27(29-16)39-7-6-38-20-9-15-10-24(17(30)4-5-26(32)33)40-22(15)12-19(20)36-2/h9-14H,4-8H2,1-3H3,(H,32,33)(H,34,35)/t14-/m0/s1. The van der Waals surface area contributed by atoms with Crippen molar-refractivity contribution in [1.29, 1.82) is 0 Å². The van der Waals surface area contributed by atoms with Crippen LogP contribution in [-0.2, 0) is 9.59 Å². The monoisotopic (exact) mass is 601 g/mol. The summed E-state index contributed by atoms with van der Waals surface area (Å²) in [6, 6.07) is 8.54. The number of thiophene rings is 2. The minimum Gasteiger partial charge on any atom is -0.493 e. The number of fused-ring (bicyclic) bond motifs is 2. The predicted octanol–water partition coefficient (Wildman–Crippen LogP) is 5.33. The minimum absolute atomic E-state index is 0.0732. The van der Waals surface area contributed by atoms with Gasteiger partial charge in [0.05, 0.1) is 46.5 Å². The van der Waals surface area contributed by atoms with E-state index in [1.165, 1.54) is 43.8 Å². The quantitative estimate of drug-likeness (QED) is 0.134. The molecule has 1 aromatic carbocycles. The number of aliphatic carboxylic acids is 2. The number of pyridine rings is 1. The average Bonchev–Trinajstić information content (AvgIpc) is 3.56. The zero-order valence-corrected chi connectivity index (χ0v) is 24.1. The Kier molecular flexibility index (Phi) is 9.40. The lowest BCUT2D eigenvalue weighted by molar-refractivity contribution is -0.141. The van der Waals surface area contributed by atoms with Crippen molar-refractivity contribution < 1.29 is 48.3 Å². The first-order valence-electron chi connectivity index (χ1n) is 12.5. The molecule has 3 aromatic heterocycles. The third-order valence-corrected chi connectivity index (χ3v) is 8.32. The van der Waals surface area contributed by atoms with Crippen LogP contribution in [-0.4, -0.2) is 66.1 Å². The molecule has 1 atom stereocenters. The molecule has 0 radical (unpaired) electrons. The van der Waals surface area contributed by atoms with Crippen LogP contribution in [0.1, 0.15) is 45.5 Å². The minimum atomic E-state index is -1.03. The lowest BCUT2D eigenvalue weighted by Crippen LogP contribution is -2.14. The van der Waals surface area contributed by atoms with Crippen molar-refractivity contribution in [1.82, 2.24) is 4.98 Å². The van der Waals surface area contributed by atoms with Crippen molar-refractivity contribution in [2.24, 2.45) is 5.92 Å². The highest BCUT2D eigenvalue weighted by Gasteiger charge is 2.21. The van der Waals surface area contributed by atoms with Crippen LogP contribution in [0.3, 0.4) is 0 Å². The number of benzene rings is 1. The van der Waals surface area contributed by atoms with Gasteiger partial charge in [-0.15, -0.1) is 22.7 Å². The molecule has 216 valence electrons. The number of Topliss-reactive ketones (excluding diaryl/α,β-unsaturated/α-hetero) is 2. The Morgan fingerprint density at radius 1 is 0.805 bits per heavy atom. The summed E-state index contributed by atoms with van der Waals surface area (Å²) >= 11 is 2.47. The van der Waals surface area contributed by atoms with Crippen LogP contribution < -0.4 is 18.9 Å². The number of hydrogen-bond acceptors (Lipinski definition) is 11. The summed E-state index contributed by atoms with van der Waals surface area (Å²) in [4.78, 5) is 52.1. The van der Waals surface area contributed by atoms with Gasteiger partial charge in [-0.2, -0.15) is 0 Å².